The van der Waals surface area contributed by atoms with Crippen molar-refractivity contribution in [2.45, 2.75) is 25.4 Å². The lowest BCUT2D eigenvalue weighted by molar-refractivity contribution is 0.0694. The number of piperidine rings is 1. The van der Waals surface area contributed by atoms with Gasteiger partial charge in [-0.2, -0.15) is 0 Å². The normalized spacial score (nSPS) is 19.0. The molecule has 2 aromatic rings. The van der Waals surface area contributed by atoms with Gasteiger partial charge in [-0.15, -0.1) is 0 Å². The Labute approximate surface area is 157 Å². The van der Waals surface area contributed by atoms with Crippen LogP contribution in [-0.4, -0.2) is 41.8 Å². The van der Waals surface area contributed by atoms with E-state index in [0.717, 1.165) is 19.4 Å². The van der Waals surface area contributed by atoms with Gasteiger partial charge in [0.1, 0.15) is 0 Å². The van der Waals surface area contributed by atoms with Gasteiger partial charge in [0.2, 0.25) is 0 Å². The zero-order valence-corrected chi connectivity index (χ0v) is 14.9. The van der Waals surface area contributed by atoms with Crippen LogP contribution < -0.4 is 10.6 Å². The first-order chi connectivity index (χ1) is 13.1. The minimum absolute atomic E-state index is 0.101. The second-order valence-electron chi connectivity index (χ2n) is 7.00. The largest absolute Gasteiger partial charge is 0.337 e. The number of carbonyl (C=O) groups excluding carboxylic acids is 3. The number of nitrogens with zero attached hydrogens (tertiary/aromatic N) is 1. The highest BCUT2D eigenvalue weighted by Gasteiger charge is 2.29. The van der Waals surface area contributed by atoms with Crippen LogP contribution in [-0.2, 0) is 6.54 Å². The number of likely N-dealkylation sites (tertiary alicyclic amines) is 1. The second kappa shape index (κ2) is 7.32. The summed E-state index contributed by atoms with van der Waals surface area (Å²) in [5.74, 6) is -0.945. The highest BCUT2D eigenvalue weighted by atomic mass is 16.2. The lowest BCUT2D eigenvalue weighted by Gasteiger charge is -2.33. The maximum Gasteiger partial charge on any atom is 0.258 e. The summed E-state index contributed by atoms with van der Waals surface area (Å²) in [6, 6.07) is 15.1. The second-order valence-corrected chi connectivity index (χ2v) is 7.00. The monoisotopic (exact) mass is 363 g/mol. The van der Waals surface area contributed by atoms with Crippen LogP contribution in [0.5, 0.6) is 0 Å². The Balaban J connectivity index is 1.42. The zero-order valence-electron chi connectivity index (χ0n) is 14.9. The number of hydrogen-bond acceptors (Lipinski definition) is 4. The number of rotatable bonds is 4. The maximum absolute atomic E-state index is 12.9. The van der Waals surface area contributed by atoms with Gasteiger partial charge in [-0.1, -0.05) is 30.3 Å². The van der Waals surface area contributed by atoms with E-state index in [-0.39, 0.29) is 17.5 Å². The maximum atomic E-state index is 12.9. The molecule has 1 saturated heterocycles. The van der Waals surface area contributed by atoms with Crippen molar-refractivity contribution in [2.24, 2.45) is 0 Å². The molecule has 6 heteroatoms. The van der Waals surface area contributed by atoms with Crippen LogP contribution in [0.4, 0.5) is 0 Å². The summed E-state index contributed by atoms with van der Waals surface area (Å²) in [5.41, 5.74) is 2.27. The lowest BCUT2D eigenvalue weighted by atomic mass is 10.0. The summed E-state index contributed by atoms with van der Waals surface area (Å²) in [4.78, 5) is 38.2. The number of imide groups is 1. The predicted molar refractivity (Wildman–Crippen MR) is 100 cm³/mol. The van der Waals surface area contributed by atoms with E-state index in [0.29, 0.717) is 24.2 Å². The van der Waals surface area contributed by atoms with Crippen molar-refractivity contribution >= 4 is 17.7 Å². The van der Waals surface area contributed by atoms with Gasteiger partial charge in [-0.3, -0.25) is 19.7 Å². The van der Waals surface area contributed by atoms with E-state index in [2.05, 4.69) is 22.8 Å². The van der Waals surface area contributed by atoms with Crippen molar-refractivity contribution in [1.29, 1.82) is 0 Å². The molecular weight excluding hydrogens is 342 g/mol. The van der Waals surface area contributed by atoms with Gasteiger partial charge in [0.05, 0.1) is 11.1 Å². The first-order valence-corrected chi connectivity index (χ1v) is 9.18. The first-order valence-electron chi connectivity index (χ1n) is 9.18. The van der Waals surface area contributed by atoms with E-state index >= 15 is 0 Å². The van der Waals surface area contributed by atoms with Gasteiger partial charge in [0, 0.05) is 31.2 Å². The third-order valence-corrected chi connectivity index (χ3v) is 5.13. The molecule has 0 bridgehead atoms. The van der Waals surface area contributed by atoms with E-state index in [1.807, 2.05) is 23.1 Å². The average Bonchev–Trinajstić information content (AvgIpc) is 3.00. The van der Waals surface area contributed by atoms with Crippen LogP contribution in [0.2, 0.25) is 0 Å². The minimum atomic E-state index is -0.439. The molecule has 2 heterocycles. The number of nitrogens with one attached hydrogen (secondary N) is 2. The number of carbonyl (C=O) groups is 3. The van der Waals surface area contributed by atoms with Crippen molar-refractivity contribution in [3.63, 3.8) is 0 Å². The Bertz CT molecular complexity index is 895. The van der Waals surface area contributed by atoms with Crippen LogP contribution in [0.1, 0.15) is 49.5 Å². The SMILES string of the molecule is O=C1NC(=O)c2cc(C(=O)N3CCC[C@H](NCc4ccccc4)C3)ccc21. The predicted octanol–water partition coefficient (Wildman–Crippen LogP) is 1.96. The molecule has 0 spiro atoms. The Morgan fingerprint density at radius 2 is 1.85 bits per heavy atom. The molecule has 0 radical (unpaired) electrons. The smallest absolute Gasteiger partial charge is 0.258 e. The topological polar surface area (TPSA) is 78.5 Å². The molecule has 0 aliphatic carbocycles. The number of benzene rings is 2. The molecule has 6 nitrogen and oxygen atoms in total. The third-order valence-electron chi connectivity index (χ3n) is 5.13. The molecule has 2 aromatic carbocycles. The Kier molecular flexibility index (Phi) is 4.73. The number of amides is 3. The Morgan fingerprint density at radius 1 is 1.07 bits per heavy atom. The van der Waals surface area contributed by atoms with Gasteiger partial charge in [-0.05, 0) is 36.6 Å². The third kappa shape index (κ3) is 3.61. The van der Waals surface area contributed by atoms with E-state index in [1.165, 1.54) is 11.6 Å². The molecule has 27 heavy (non-hydrogen) atoms. The molecule has 0 saturated carbocycles. The Hall–Kier alpha value is -2.99. The van der Waals surface area contributed by atoms with Crippen LogP contribution in [0, 0.1) is 0 Å². The van der Waals surface area contributed by atoms with Gasteiger partial charge < -0.3 is 10.2 Å². The van der Waals surface area contributed by atoms with Crippen LogP contribution in [0.15, 0.2) is 48.5 Å². The van der Waals surface area contributed by atoms with Gasteiger partial charge in [0.15, 0.2) is 0 Å². The fraction of sp³-hybridized carbons (Fsp3) is 0.286. The highest BCUT2D eigenvalue weighted by Crippen LogP contribution is 2.20. The van der Waals surface area contributed by atoms with Crippen LogP contribution >= 0.6 is 0 Å². The summed E-state index contributed by atoms with van der Waals surface area (Å²) in [6.45, 7) is 2.10. The Morgan fingerprint density at radius 3 is 2.67 bits per heavy atom. The molecular formula is C21H21N3O3. The quantitative estimate of drug-likeness (QED) is 0.814. The average molecular weight is 363 g/mol. The molecule has 2 aliphatic heterocycles. The summed E-state index contributed by atoms with van der Waals surface area (Å²) in [6.07, 6.45) is 1.96. The number of hydrogen-bond donors (Lipinski definition) is 2. The van der Waals surface area contributed by atoms with Crippen molar-refractivity contribution in [3.05, 3.63) is 70.8 Å². The van der Waals surface area contributed by atoms with Gasteiger partial charge in [0.25, 0.3) is 17.7 Å². The highest BCUT2D eigenvalue weighted by molar-refractivity contribution is 6.22. The van der Waals surface area contributed by atoms with Crippen molar-refractivity contribution in [2.75, 3.05) is 13.1 Å². The molecule has 2 aliphatic rings. The van der Waals surface area contributed by atoms with Gasteiger partial charge in [-0.25, -0.2) is 0 Å². The van der Waals surface area contributed by atoms with Crippen LogP contribution in [0.3, 0.4) is 0 Å². The summed E-state index contributed by atoms with van der Waals surface area (Å²) < 4.78 is 0. The standard InChI is InChI=1S/C21H21N3O3/c25-19-17-9-8-15(11-18(17)20(26)23-19)21(27)24-10-4-7-16(13-24)22-12-14-5-2-1-3-6-14/h1-3,5-6,8-9,11,16,22H,4,7,10,12-13H2,(H,23,25,26)/t16-/m0/s1. The molecule has 4 rings (SSSR count). The molecule has 3 amide bonds. The van der Waals surface area contributed by atoms with Crippen molar-refractivity contribution in [1.82, 2.24) is 15.5 Å². The number of fused-ring (bicyclic) bond motifs is 1. The molecule has 1 fully saturated rings. The molecule has 0 unspecified atom stereocenters. The van der Waals surface area contributed by atoms with E-state index in [1.54, 1.807) is 12.1 Å². The van der Waals surface area contributed by atoms with E-state index < -0.39 is 11.8 Å². The molecule has 1 atom stereocenters. The fourth-order valence-electron chi connectivity index (χ4n) is 3.67. The van der Waals surface area contributed by atoms with Crippen molar-refractivity contribution in [3.8, 4) is 0 Å². The van der Waals surface area contributed by atoms with Gasteiger partial charge >= 0.3 is 0 Å². The first kappa shape index (κ1) is 17.4. The fourth-order valence-corrected chi connectivity index (χ4v) is 3.67. The molecule has 0 aromatic heterocycles. The molecule has 138 valence electrons. The van der Waals surface area contributed by atoms with E-state index in [9.17, 15) is 14.4 Å². The summed E-state index contributed by atoms with van der Waals surface area (Å²) >= 11 is 0. The zero-order chi connectivity index (χ0) is 18.8. The van der Waals surface area contributed by atoms with Crippen molar-refractivity contribution < 1.29 is 14.4 Å². The minimum Gasteiger partial charge on any atom is -0.337 e. The van der Waals surface area contributed by atoms with E-state index in [4.69, 9.17) is 0 Å². The van der Waals surface area contributed by atoms with Crippen LogP contribution in [0.25, 0.3) is 0 Å². The lowest BCUT2D eigenvalue weighted by Crippen LogP contribution is -2.47. The molecule has 2 N–H and O–H groups in total. The summed E-state index contributed by atoms with van der Waals surface area (Å²) in [5, 5.41) is 5.78. The summed E-state index contributed by atoms with van der Waals surface area (Å²) in [7, 11) is 0.